The molecule has 4 aromatic rings. The molecular weight excluding hydrogens is 519 g/mol. The van der Waals surface area contributed by atoms with Crippen LogP contribution in [-0.2, 0) is 23.2 Å². The van der Waals surface area contributed by atoms with Gasteiger partial charge in [-0.2, -0.15) is 8.42 Å². The summed E-state index contributed by atoms with van der Waals surface area (Å²) in [7, 11) is -3.21. The summed E-state index contributed by atoms with van der Waals surface area (Å²) >= 11 is 0. The number of hydrogen-bond acceptors (Lipinski definition) is 5. The number of carbonyl (C=O) groups is 1. The number of methoxy groups -OCH3 is 1. The van der Waals surface area contributed by atoms with Crippen LogP contribution in [0.25, 0.3) is 0 Å². The summed E-state index contributed by atoms with van der Waals surface area (Å²) < 4.78 is 78.0. The molecule has 0 heterocycles. The van der Waals surface area contributed by atoms with Gasteiger partial charge in [-0.3, -0.25) is 4.79 Å². The van der Waals surface area contributed by atoms with Crippen molar-refractivity contribution in [3.63, 3.8) is 0 Å². The van der Waals surface area contributed by atoms with Gasteiger partial charge in [-0.1, -0.05) is 42.5 Å². The highest BCUT2D eigenvalue weighted by atomic mass is 32.2. The fourth-order valence-corrected chi connectivity index (χ4v) is 4.68. The van der Waals surface area contributed by atoms with Crippen LogP contribution in [-0.4, -0.2) is 26.3 Å². The summed E-state index contributed by atoms with van der Waals surface area (Å²) in [5.41, 5.74) is 0.669. The number of benzene rings is 4. The van der Waals surface area contributed by atoms with E-state index in [2.05, 4.69) is 0 Å². The topological polar surface area (TPSA) is 72.9 Å². The number of carbonyl (C=O) groups excluding carboxylic acids is 1. The number of hydrogen-bond donors (Lipinski definition) is 0. The highest BCUT2D eigenvalue weighted by Crippen LogP contribution is 2.28. The molecule has 0 unspecified atom stereocenters. The van der Waals surface area contributed by atoms with E-state index in [1.807, 2.05) is 0 Å². The molecule has 0 N–H and O–H groups in total. The Bertz CT molecular complexity index is 1560. The average molecular weight is 542 g/mol. The van der Waals surface area contributed by atoms with Crippen molar-refractivity contribution in [1.29, 1.82) is 0 Å². The van der Waals surface area contributed by atoms with E-state index in [4.69, 9.17) is 8.92 Å². The van der Waals surface area contributed by atoms with Crippen LogP contribution < -0.4 is 8.92 Å². The van der Waals surface area contributed by atoms with E-state index < -0.39 is 38.4 Å². The van der Waals surface area contributed by atoms with Crippen molar-refractivity contribution in [3.8, 4) is 11.5 Å². The number of amides is 1. The molecule has 0 saturated heterocycles. The van der Waals surface area contributed by atoms with Crippen LogP contribution in [0.4, 0.5) is 13.2 Å². The van der Waals surface area contributed by atoms with Gasteiger partial charge in [-0.05, 0) is 54.1 Å². The van der Waals surface area contributed by atoms with E-state index in [-0.39, 0.29) is 35.7 Å². The normalized spacial score (nSPS) is 11.2. The molecule has 0 radical (unpaired) electrons. The summed E-state index contributed by atoms with van der Waals surface area (Å²) in [5.74, 6) is -2.97. The maximum absolute atomic E-state index is 14.5. The van der Waals surface area contributed by atoms with Crippen molar-refractivity contribution in [1.82, 2.24) is 4.90 Å². The number of halogens is 3. The quantitative estimate of drug-likeness (QED) is 0.254. The van der Waals surface area contributed by atoms with Crippen molar-refractivity contribution in [2.24, 2.45) is 0 Å². The molecule has 1 amide bonds. The first-order valence-corrected chi connectivity index (χ1v) is 12.7. The van der Waals surface area contributed by atoms with Gasteiger partial charge in [0.1, 0.15) is 22.3 Å². The zero-order valence-electron chi connectivity index (χ0n) is 20.1. The van der Waals surface area contributed by atoms with E-state index in [1.54, 1.807) is 12.1 Å². The molecule has 0 fully saturated rings. The minimum absolute atomic E-state index is 0.0295. The fraction of sp³-hybridized carbons (Fsp3) is 0.107. The Morgan fingerprint density at radius 3 is 2.16 bits per heavy atom. The van der Waals surface area contributed by atoms with E-state index in [9.17, 15) is 26.4 Å². The molecule has 0 aromatic heterocycles. The molecule has 38 heavy (non-hydrogen) atoms. The summed E-state index contributed by atoms with van der Waals surface area (Å²) in [4.78, 5) is 14.2. The standard InChI is InChI=1S/C28H22F3NO5S/c1-36-27-15-14-22(16-25(27)31)38(34,35)37-26-9-5-2-6-20(26)18-32(17-19-10-12-21(29)13-11-19)28(33)23-7-3-4-8-24(23)30/h2-16H,17-18H2,1H3. The van der Waals surface area contributed by atoms with E-state index in [0.717, 1.165) is 24.3 Å². The second-order valence-electron chi connectivity index (χ2n) is 8.21. The van der Waals surface area contributed by atoms with Gasteiger partial charge in [0, 0.05) is 12.1 Å². The summed E-state index contributed by atoms with van der Waals surface area (Å²) in [6.07, 6.45) is 0. The largest absolute Gasteiger partial charge is 0.494 e. The van der Waals surface area contributed by atoms with E-state index in [1.165, 1.54) is 66.6 Å². The van der Waals surface area contributed by atoms with Gasteiger partial charge in [0.05, 0.1) is 19.2 Å². The zero-order valence-corrected chi connectivity index (χ0v) is 20.9. The Kier molecular flexibility index (Phi) is 8.02. The number of para-hydroxylation sites is 1. The van der Waals surface area contributed by atoms with Crippen molar-refractivity contribution < 1.29 is 35.3 Å². The fourth-order valence-electron chi connectivity index (χ4n) is 3.71. The van der Waals surface area contributed by atoms with Gasteiger partial charge in [0.25, 0.3) is 5.91 Å². The van der Waals surface area contributed by atoms with E-state index >= 15 is 0 Å². The van der Waals surface area contributed by atoms with Crippen LogP contribution in [0.3, 0.4) is 0 Å². The van der Waals surface area contributed by atoms with Crippen molar-refractivity contribution >= 4 is 16.0 Å². The first-order chi connectivity index (χ1) is 18.2. The Labute approximate surface area is 218 Å². The lowest BCUT2D eigenvalue weighted by Gasteiger charge is -2.24. The molecule has 10 heteroatoms. The molecule has 4 rings (SSSR count). The summed E-state index contributed by atoms with van der Waals surface area (Å²) in [5, 5.41) is 0. The predicted octanol–water partition coefficient (Wildman–Crippen LogP) is 5.72. The van der Waals surface area contributed by atoms with Gasteiger partial charge in [-0.25, -0.2) is 13.2 Å². The third-order valence-electron chi connectivity index (χ3n) is 5.62. The minimum Gasteiger partial charge on any atom is -0.494 e. The van der Waals surface area contributed by atoms with Crippen molar-refractivity contribution in [3.05, 3.63) is 125 Å². The van der Waals surface area contributed by atoms with Gasteiger partial charge < -0.3 is 13.8 Å². The van der Waals surface area contributed by atoms with Crippen LogP contribution in [0.15, 0.2) is 95.9 Å². The Balaban J connectivity index is 1.67. The number of nitrogens with zero attached hydrogens (tertiary/aromatic N) is 1. The second-order valence-corrected chi connectivity index (χ2v) is 9.76. The molecule has 0 atom stereocenters. The SMILES string of the molecule is COc1ccc(S(=O)(=O)Oc2ccccc2CN(Cc2ccc(F)cc2)C(=O)c2ccccc2F)cc1F. The predicted molar refractivity (Wildman–Crippen MR) is 134 cm³/mol. The lowest BCUT2D eigenvalue weighted by atomic mass is 10.1. The Morgan fingerprint density at radius 2 is 1.47 bits per heavy atom. The van der Waals surface area contributed by atoms with Gasteiger partial charge in [0.15, 0.2) is 11.6 Å². The van der Waals surface area contributed by atoms with Crippen LogP contribution in [0.5, 0.6) is 11.5 Å². The smallest absolute Gasteiger partial charge is 0.339 e. The number of rotatable bonds is 9. The van der Waals surface area contributed by atoms with Crippen LogP contribution in [0, 0.1) is 17.5 Å². The monoisotopic (exact) mass is 541 g/mol. The number of ether oxygens (including phenoxy) is 1. The van der Waals surface area contributed by atoms with E-state index in [0.29, 0.717) is 5.56 Å². The summed E-state index contributed by atoms with van der Waals surface area (Å²) in [6, 6.07) is 20.1. The lowest BCUT2D eigenvalue weighted by Crippen LogP contribution is -2.31. The molecule has 0 saturated carbocycles. The zero-order chi connectivity index (χ0) is 27.3. The van der Waals surface area contributed by atoms with Gasteiger partial charge in [-0.15, -0.1) is 0 Å². The molecule has 196 valence electrons. The molecule has 6 nitrogen and oxygen atoms in total. The molecule has 4 aromatic carbocycles. The van der Waals surface area contributed by atoms with Crippen molar-refractivity contribution in [2.45, 2.75) is 18.0 Å². The second kappa shape index (κ2) is 11.4. The third kappa shape index (κ3) is 6.15. The van der Waals surface area contributed by atoms with Crippen LogP contribution >= 0.6 is 0 Å². The first-order valence-electron chi connectivity index (χ1n) is 11.3. The first kappa shape index (κ1) is 26.7. The van der Waals surface area contributed by atoms with Gasteiger partial charge in [0.2, 0.25) is 0 Å². The Morgan fingerprint density at radius 1 is 0.789 bits per heavy atom. The van der Waals surface area contributed by atoms with Crippen LogP contribution in [0.2, 0.25) is 0 Å². The molecule has 0 aliphatic carbocycles. The van der Waals surface area contributed by atoms with Crippen LogP contribution in [0.1, 0.15) is 21.5 Å². The Hall–Kier alpha value is -4.31. The average Bonchev–Trinajstić information content (AvgIpc) is 2.90. The molecular formula is C28H22F3NO5S. The third-order valence-corrected chi connectivity index (χ3v) is 6.85. The molecule has 0 spiro atoms. The summed E-state index contributed by atoms with van der Waals surface area (Å²) in [6.45, 7) is -0.203. The highest BCUT2D eigenvalue weighted by Gasteiger charge is 2.24. The lowest BCUT2D eigenvalue weighted by molar-refractivity contribution is 0.0724. The highest BCUT2D eigenvalue weighted by molar-refractivity contribution is 7.87. The molecule has 0 bridgehead atoms. The molecule has 0 aliphatic rings. The van der Waals surface area contributed by atoms with Crippen molar-refractivity contribution in [2.75, 3.05) is 7.11 Å². The maximum Gasteiger partial charge on any atom is 0.339 e. The minimum atomic E-state index is -4.46. The van der Waals surface area contributed by atoms with Gasteiger partial charge >= 0.3 is 10.1 Å². The molecule has 0 aliphatic heterocycles. The maximum atomic E-state index is 14.5.